The zero-order valence-corrected chi connectivity index (χ0v) is 12.9. The normalized spacial score (nSPS) is 14.0. The summed E-state index contributed by atoms with van der Waals surface area (Å²) in [6, 6.07) is 5.37. The summed E-state index contributed by atoms with van der Waals surface area (Å²) in [4.78, 5) is 13.5. The van der Waals surface area contributed by atoms with Crippen molar-refractivity contribution in [2.45, 2.75) is 13.0 Å². The van der Waals surface area contributed by atoms with E-state index >= 15 is 0 Å². The van der Waals surface area contributed by atoms with Crippen molar-refractivity contribution in [1.82, 2.24) is 20.0 Å². The topological polar surface area (TPSA) is 50.2 Å². The van der Waals surface area contributed by atoms with Crippen LogP contribution in [0.4, 0.5) is 4.79 Å². The first-order valence-electron chi connectivity index (χ1n) is 6.58. The van der Waals surface area contributed by atoms with E-state index in [9.17, 15) is 4.79 Å². The molecule has 3 rings (SSSR count). The van der Waals surface area contributed by atoms with Crippen LogP contribution in [0.1, 0.15) is 11.3 Å². The third-order valence-corrected chi connectivity index (χ3v) is 4.32. The lowest BCUT2D eigenvalue weighted by molar-refractivity contribution is 0.194. The number of rotatable bonds is 1. The molecule has 5 nitrogen and oxygen atoms in total. The molecule has 0 bridgehead atoms. The van der Waals surface area contributed by atoms with Gasteiger partial charge in [0.25, 0.3) is 0 Å². The molecule has 2 heterocycles. The smallest absolute Gasteiger partial charge is 0.317 e. The molecule has 0 fully saturated rings. The minimum atomic E-state index is -0.0667. The molecular formula is C14H14Cl2N4O. The predicted octanol–water partition coefficient (Wildman–Crippen LogP) is 2.88. The summed E-state index contributed by atoms with van der Waals surface area (Å²) in [5, 5.41) is 8.08. The number of nitrogens with zero attached hydrogens (tertiary/aromatic N) is 3. The molecule has 1 aromatic carbocycles. The lowest BCUT2D eigenvalue weighted by Crippen LogP contribution is -2.41. The van der Waals surface area contributed by atoms with Gasteiger partial charge in [0.1, 0.15) is 0 Å². The predicted molar refractivity (Wildman–Crippen MR) is 82.2 cm³/mol. The van der Waals surface area contributed by atoms with E-state index < -0.39 is 0 Å². The summed E-state index contributed by atoms with van der Waals surface area (Å²) in [5.41, 5.74) is 3.03. The van der Waals surface area contributed by atoms with E-state index in [1.165, 1.54) is 0 Å². The van der Waals surface area contributed by atoms with Crippen molar-refractivity contribution in [3.8, 4) is 5.69 Å². The zero-order valence-electron chi connectivity index (χ0n) is 11.4. The van der Waals surface area contributed by atoms with Gasteiger partial charge in [-0.05, 0) is 18.2 Å². The van der Waals surface area contributed by atoms with Crippen molar-refractivity contribution in [2.24, 2.45) is 0 Å². The van der Waals surface area contributed by atoms with E-state index in [-0.39, 0.29) is 6.03 Å². The highest BCUT2D eigenvalue weighted by molar-refractivity contribution is 6.42. The number of hydrogen-bond donors (Lipinski definition) is 1. The number of halogens is 2. The van der Waals surface area contributed by atoms with Crippen LogP contribution in [0.25, 0.3) is 5.69 Å². The standard InChI is InChI=1S/C14H14Cl2N4O/c1-17-14(21)19-5-4-13-9(8-19)7-18-20(13)10-2-3-11(15)12(16)6-10/h2-3,6-7H,4-5,8H2,1H3,(H,17,21). The number of aromatic nitrogens is 2. The lowest BCUT2D eigenvalue weighted by Gasteiger charge is -2.27. The molecular weight excluding hydrogens is 311 g/mol. The zero-order chi connectivity index (χ0) is 15.0. The van der Waals surface area contributed by atoms with Crippen LogP contribution in [0.3, 0.4) is 0 Å². The number of urea groups is 1. The fourth-order valence-electron chi connectivity index (χ4n) is 2.50. The molecule has 0 unspecified atom stereocenters. The number of fused-ring (bicyclic) bond motifs is 1. The summed E-state index contributed by atoms with van der Waals surface area (Å²) >= 11 is 12.0. The Morgan fingerprint density at radius 1 is 1.33 bits per heavy atom. The Balaban J connectivity index is 1.92. The van der Waals surface area contributed by atoms with Gasteiger partial charge in [0.15, 0.2) is 0 Å². The number of nitrogens with one attached hydrogen (secondary N) is 1. The molecule has 21 heavy (non-hydrogen) atoms. The molecule has 0 saturated heterocycles. The largest absolute Gasteiger partial charge is 0.341 e. The molecule has 0 aliphatic carbocycles. The Labute approximate surface area is 132 Å². The highest BCUT2D eigenvalue weighted by atomic mass is 35.5. The molecule has 0 spiro atoms. The van der Waals surface area contributed by atoms with Crippen molar-refractivity contribution in [3.63, 3.8) is 0 Å². The lowest BCUT2D eigenvalue weighted by atomic mass is 10.1. The Hall–Kier alpha value is -1.72. The van der Waals surface area contributed by atoms with Crippen molar-refractivity contribution in [3.05, 3.63) is 45.7 Å². The number of carbonyl (C=O) groups is 1. The molecule has 7 heteroatoms. The molecule has 2 amide bonds. The van der Waals surface area contributed by atoms with Crippen LogP contribution in [0.15, 0.2) is 24.4 Å². The van der Waals surface area contributed by atoms with Crippen LogP contribution in [-0.4, -0.2) is 34.3 Å². The first-order valence-corrected chi connectivity index (χ1v) is 7.33. The van der Waals surface area contributed by atoms with Crippen molar-refractivity contribution < 1.29 is 4.79 Å². The molecule has 0 saturated carbocycles. The second kappa shape index (κ2) is 5.58. The van der Waals surface area contributed by atoms with E-state index in [0.717, 1.165) is 23.4 Å². The summed E-state index contributed by atoms with van der Waals surface area (Å²) in [7, 11) is 1.64. The van der Waals surface area contributed by atoms with Crippen LogP contribution in [0.5, 0.6) is 0 Å². The van der Waals surface area contributed by atoms with Gasteiger partial charge < -0.3 is 10.2 Å². The van der Waals surface area contributed by atoms with Crippen molar-refractivity contribution in [2.75, 3.05) is 13.6 Å². The van der Waals surface area contributed by atoms with E-state index in [1.807, 2.05) is 10.7 Å². The number of amides is 2. The van der Waals surface area contributed by atoms with Crippen LogP contribution in [0.2, 0.25) is 10.0 Å². The van der Waals surface area contributed by atoms with Crippen LogP contribution < -0.4 is 5.32 Å². The van der Waals surface area contributed by atoms with Gasteiger partial charge in [-0.2, -0.15) is 5.10 Å². The number of benzene rings is 1. The first kappa shape index (κ1) is 14.2. The van der Waals surface area contributed by atoms with Gasteiger partial charge in [-0.25, -0.2) is 9.48 Å². The van der Waals surface area contributed by atoms with Gasteiger partial charge in [-0.1, -0.05) is 23.2 Å². The number of carbonyl (C=O) groups excluding carboxylic acids is 1. The summed E-state index contributed by atoms with van der Waals surface area (Å²) in [6.45, 7) is 1.23. The fraction of sp³-hybridized carbons (Fsp3) is 0.286. The summed E-state index contributed by atoms with van der Waals surface area (Å²) < 4.78 is 1.86. The Morgan fingerprint density at radius 3 is 2.86 bits per heavy atom. The monoisotopic (exact) mass is 324 g/mol. The highest BCUT2D eigenvalue weighted by Crippen LogP contribution is 2.27. The first-order chi connectivity index (χ1) is 10.1. The van der Waals surface area contributed by atoms with E-state index in [4.69, 9.17) is 23.2 Å². The second-order valence-electron chi connectivity index (χ2n) is 4.85. The van der Waals surface area contributed by atoms with Crippen LogP contribution in [-0.2, 0) is 13.0 Å². The van der Waals surface area contributed by atoms with Crippen molar-refractivity contribution in [1.29, 1.82) is 0 Å². The molecule has 0 radical (unpaired) electrons. The van der Waals surface area contributed by atoms with Crippen molar-refractivity contribution >= 4 is 29.2 Å². The van der Waals surface area contributed by atoms with Crippen LogP contribution in [0, 0.1) is 0 Å². The maximum atomic E-state index is 11.7. The molecule has 1 aliphatic heterocycles. The Morgan fingerprint density at radius 2 is 2.14 bits per heavy atom. The Bertz CT molecular complexity index is 698. The fourth-order valence-corrected chi connectivity index (χ4v) is 2.79. The number of hydrogen-bond acceptors (Lipinski definition) is 2. The molecule has 1 N–H and O–H groups in total. The molecule has 1 aromatic heterocycles. The average Bonchev–Trinajstić information content (AvgIpc) is 2.92. The molecule has 2 aromatic rings. The van der Waals surface area contributed by atoms with Gasteiger partial charge in [-0.15, -0.1) is 0 Å². The van der Waals surface area contributed by atoms with Gasteiger partial charge in [0.2, 0.25) is 0 Å². The van der Waals surface area contributed by atoms with E-state index in [1.54, 1.807) is 30.3 Å². The summed E-state index contributed by atoms with van der Waals surface area (Å²) in [5.74, 6) is 0. The highest BCUT2D eigenvalue weighted by Gasteiger charge is 2.23. The SMILES string of the molecule is CNC(=O)N1CCc2c(cnn2-c2ccc(Cl)c(Cl)c2)C1. The second-order valence-corrected chi connectivity index (χ2v) is 5.67. The van der Waals surface area contributed by atoms with Gasteiger partial charge in [-0.3, -0.25) is 0 Å². The molecule has 1 aliphatic rings. The van der Waals surface area contributed by atoms with Crippen LogP contribution >= 0.6 is 23.2 Å². The Kier molecular flexibility index (Phi) is 3.78. The minimum Gasteiger partial charge on any atom is -0.341 e. The van der Waals surface area contributed by atoms with E-state index in [0.29, 0.717) is 23.1 Å². The van der Waals surface area contributed by atoms with Gasteiger partial charge in [0.05, 0.1) is 34.2 Å². The third kappa shape index (κ3) is 2.59. The quantitative estimate of drug-likeness (QED) is 0.876. The molecule has 0 atom stereocenters. The minimum absolute atomic E-state index is 0.0667. The average molecular weight is 325 g/mol. The summed E-state index contributed by atoms with van der Waals surface area (Å²) in [6.07, 6.45) is 2.55. The molecule has 110 valence electrons. The maximum Gasteiger partial charge on any atom is 0.317 e. The van der Waals surface area contributed by atoms with Gasteiger partial charge >= 0.3 is 6.03 Å². The van der Waals surface area contributed by atoms with Gasteiger partial charge in [0, 0.05) is 25.6 Å². The third-order valence-electron chi connectivity index (χ3n) is 3.58. The van der Waals surface area contributed by atoms with E-state index in [2.05, 4.69) is 10.4 Å². The maximum absolute atomic E-state index is 11.7.